The summed E-state index contributed by atoms with van der Waals surface area (Å²) in [7, 11) is 2.94. The van der Waals surface area contributed by atoms with Crippen LogP contribution < -0.4 is 10.1 Å². The van der Waals surface area contributed by atoms with Crippen LogP contribution in [0.1, 0.15) is 22.8 Å². The van der Waals surface area contributed by atoms with Crippen molar-refractivity contribution in [1.82, 2.24) is 15.1 Å². The molecule has 3 aromatic carbocycles. The van der Waals surface area contributed by atoms with Gasteiger partial charge in [-0.25, -0.2) is 14.6 Å². The molecule has 0 aliphatic carbocycles. The molecule has 0 aliphatic heterocycles. The molecular weight excluding hydrogens is 496 g/mol. The molecule has 0 heterocycles. The van der Waals surface area contributed by atoms with Gasteiger partial charge in [-0.05, 0) is 61.0 Å². The first kappa shape index (κ1) is 27.2. The van der Waals surface area contributed by atoms with Gasteiger partial charge in [0.2, 0.25) is 12.4 Å². The summed E-state index contributed by atoms with van der Waals surface area (Å²) >= 11 is 5.96. The second-order valence-electron chi connectivity index (χ2n) is 7.82. The van der Waals surface area contributed by atoms with Gasteiger partial charge in [0.15, 0.2) is 0 Å². The molecule has 3 rings (SSSR count). The second-order valence-corrected chi connectivity index (χ2v) is 8.26. The summed E-state index contributed by atoms with van der Waals surface area (Å²) in [6.07, 6.45) is 0.598. The zero-order valence-corrected chi connectivity index (χ0v) is 21.4. The molecule has 3 aromatic rings. The lowest BCUT2D eigenvalue weighted by Crippen LogP contribution is -2.47. The lowest BCUT2D eigenvalue weighted by molar-refractivity contribution is -0.115. The number of benzene rings is 3. The minimum atomic E-state index is -0.510. The van der Waals surface area contributed by atoms with Crippen LogP contribution in [0.5, 0.6) is 11.5 Å². The highest BCUT2D eigenvalue weighted by atomic mass is 35.5. The smallest absolute Gasteiger partial charge is 0.341 e. The Morgan fingerprint density at radius 2 is 1.70 bits per heavy atom. The molecule has 1 N–H and O–H groups in total. The van der Waals surface area contributed by atoms with Gasteiger partial charge in [-0.15, -0.1) is 0 Å². The largest absolute Gasteiger partial charge is 0.465 e. The number of carbonyl (C=O) groups is 3. The van der Waals surface area contributed by atoms with Crippen molar-refractivity contribution in [3.05, 3.63) is 88.9 Å². The maximum Gasteiger partial charge on any atom is 0.341 e. The number of hydrogen-bond acceptors (Lipinski definition) is 6. The molecular formula is C27H27ClN4O5. The topological polar surface area (TPSA) is 101 Å². The quantitative estimate of drug-likeness (QED) is 0.189. The highest BCUT2D eigenvalue weighted by Crippen LogP contribution is 2.27. The van der Waals surface area contributed by atoms with Crippen LogP contribution >= 0.6 is 11.6 Å². The molecule has 0 unspecified atom stereocenters. The average Bonchev–Trinajstić information content (AvgIpc) is 2.92. The Labute approximate surface area is 220 Å². The lowest BCUT2D eigenvalue weighted by atomic mass is 10.2. The number of urea groups is 1. The monoisotopic (exact) mass is 522 g/mol. The third kappa shape index (κ3) is 7.55. The van der Waals surface area contributed by atoms with E-state index in [4.69, 9.17) is 21.1 Å². The standard InChI is InChI=1S/C27H27ClN4O5/c1-4-31(2)27(35)30-26(32(18-33)17-19-9-11-20(28)12-10-19)29-21-13-15-22(16-14-21)37-24-8-6-5-7-23(24)25(34)36-3/h5-16,18H,4,17H2,1-3H3,(H,29,30,35). The van der Waals surface area contributed by atoms with Crippen LogP contribution in [-0.4, -0.2) is 54.9 Å². The fraction of sp³-hybridized carbons (Fsp3) is 0.185. The number of nitrogens with zero attached hydrogens (tertiary/aromatic N) is 3. The fourth-order valence-electron chi connectivity index (χ4n) is 3.12. The Kier molecular flexibility index (Phi) is 9.62. The molecule has 0 aromatic heterocycles. The molecule has 192 valence electrons. The van der Waals surface area contributed by atoms with E-state index in [1.807, 2.05) is 6.92 Å². The fourth-order valence-corrected chi connectivity index (χ4v) is 3.25. The Morgan fingerprint density at radius 3 is 2.32 bits per heavy atom. The summed E-state index contributed by atoms with van der Waals surface area (Å²) in [5.74, 6) is 0.347. The summed E-state index contributed by atoms with van der Waals surface area (Å²) in [5, 5.41) is 3.28. The number of rotatable bonds is 8. The van der Waals surface area contributed by atoms with Crippen LogP contribution in [-0.2, 0) is 16.1 Å². The number of aliphatic imine (C=N–C) groups is 1. The van der Waals surface area contributed by atoms with Crippen molar-refractivity contribution >= 4 is 41.7 Å². The maximum absolute atomic E-state index is 12.6. The first-order valence-electron chi connectivity index (χ1n) is 11.4. The van der Waals surface area contributed by atoms with E-state index in [9.17, 15) is 14.4 Å². The Morgan fingerprint density at radius 1 is 1.03 bits per heavy atom. The molecule has 3 amide bonds. The van der Waals surface area contributed by atoms with E-state index in [2.05, 4.69) is 10.3 Å². The Balaban J connectivity index is 1.87. The van der Waals surface area contributed by atoms with E-state index in [1.165, 1.54) is 16.9 Å². The van der Waals surface area contributed by atoms with Gasteiger partial charge in [0, 0.05) is 18.6 Å². The number of carbonyl (C=O) groups excluding carboxylic acids is 3. The highest BCUT2D eigenvalue weighted by Gasteiger charge is 2.17. The number of halogens is 1. The first-order chi connectivity index (χ1) is 17.8. The third-order valence-corrected chi connectivity index (χ3v) is 5.55. The van der Waals surface area contributed by atoms with Gasteiger partial charge in [0.05, 0.1) is 19.3 Å². The first-order valence-corrected chi connectivity index (χ1v) is 11.7. The molecule has 0 spiro atoms. The van der Waals surface area contributed by atoms with E-state index >= 15 is 0 Å². The second kappa shape index (κ2) is 13.1. The normalized spacial score (nSPS) is 10.9. The van der Waals surface area contributed by atoms with E-state index in [0.717, 1.165) is 5.56 Å². The summed E-state index contributed by atoms with van der Waals surface area (Å²) in [4.78, 5) is 43.8. The predicted molar refractivity (Wildman–Crippen MR) is 141 cm³/mol. The number of para-hydroxylation sites is 1. The molecule has 0 saturated heterocycles. The molecule has 0 saturated carbocycles. The van der Waals surface area contributed by atoms with Gasteiger partial charge >= 0.3 is 12.0 Å². The molecule has 37 heavy (non-hydrogen) atoms. The zero-order valence-electron chi connectivity index (χ0n) is 20.7. The zero-order chi connectivity index (χ0) is 26.8. The van der Waals surface area contributed by atoms with Crippen LogP contribution in [0.4, 0.5) is 10.5 Å². The lowest BCUT2D eigenvalue weighted by Gasteiger charge is -2.23. The SMILES string of the molecule is CCN(C)C(=O)NC(=Nc1ccc(Oc2ccccc2C(=O)OC)cc1)N(C=O)Cc1ccc(Cl)cc1. The number of guanidine groups is 1. The minimum Gasteiger partial charge on any atom is -0.465 e. The van der Waals surface area contributed by atoms with Gasteiger partial charge in [-0.2, -0.15) is 0 Å². The van der Waals surface area contributed by atoms with Gasteiger partial charge in [-0.1, -0.05) is 35.9 Å². The van der Waals surface area contributed by atoms with Crippen LogP contribution in [0.3, 0.4) is 0 Å². The molecule has 0 aliphatic rings. The van der Waals surface area contributed by atoms with Crippen LogP contribution in [0, 0.1) is 0 Å². The molecule has 10 heteroatoms. The minimum absolute atomic E-state index is 0.0555. The van der Waals surface area contributed by atoms with Gasteiger partial charge < -0.3 is 14.4 Å². The Hall–Kier alpha value is -4.37. The van der Waals surface area contributed by atoms with E-state index in [-0.39, 0.29) is 12.5 Å². The maximum atomic E-state index is 12.6. The van der Waals surface area contributed by atoms with Crippen molar-refractivity contribution in [2.24, 2.45) is 4.99 Å². The number of esters is 1. The molecule has 9 nitrogen and oxygen atoms in total. The molecule has 0 fully saturated rings. The summed E-state index contributed by atoms with van der Waals surface area (Å²) in [6, 6.07) is 20.0. The van der Waals surface area contributed by atoms with Gasteiger partial charge in [-0.3, -0.25) is 15.0 Å². The van der Waals surface area contributed by atoms with Crippen molar-refractivity contribution < 1.29 is 23.9 Å². The number of hydrogen-bond donors (Lipinski definition) is 1. The average molecular weight is 523 g/mol. The van der Waals surface area contributed by atoms with Crippen molar-refractivity contribution in [1.29, 1.82) is 0 Å². The van der Waals surface area contributed by atoms with Crippen LogP contribution in [0.25, 0.3) is 0 Å². The molecule has 0 radical (unpaired) electrons. The summed E-state index contributed by atoms with van der Waals surface area (Å²) in [5.41, 5.74) is 1.56. The Bertz CT molecular complexity index is 1260. The number of ether oxygens (including phenoxy) is 2. The number of amides is 3. The van der Waals surface area contributed by atoms with Gasteiger partial charge in [0.25, 0.3) is 0 Å². The van der Waals surface area contributed by atoms with E-state index in [0.29, 0.717) is 40.7 Å². The molecule has 0 atom stereocenters. The van der Waals surface area contributed by atoms with Gasteiger partial charge in [0.1, 0.15) is 17.1 Å². The summed E-state index contributed by atoms with van der Waals surface area (Å²) < 4.78 is 10.7. The number of methoxy groups -OCH3 is 1. The third-order valence-electron chi connectivity index (χ3n) is 5.30. The van der Waals surface area contributed by atoms with Crippen molar-refractivity contribution in [2.75, 3.05) is 20.7 Å². The van der Waals surface area contributed by atoms with Crippen molar-refractivity contribution in [2.45, 2.75) is 13.5 Å². The molecule has 0 bridgehead atoms. The van der Waals surface area contributed by atoms with E-state index in [1.54, 1.807) is 79.8 Å². The highest BCUT2D eigenvalue weighted by molar-refractivity contribution is 6.30. The van der Waals surface area contributed by atoms with Crippen molar-refractivity contribution in [3.63, 3.8) is 0 Å². The predicted octanol–water partition coefficient (Wildman–Crippen LogP) is 5.23. The van der Waals surface area contributed by atoms with Crippen LogP contribution in [0.15, 0.2) is 77.8 Å². The van der Waals surface area contributed by atoms with Crippen molar-refractivity contribution in [3.8, 4) is 11.5 Å². The van der Waals surface area contributed by atoms with E-state index < -0.39 is 12.0 Å². The summed E-state index contributed by atoms with van der Waals surface area (Å²) in [6.45, 7) is 2.47. The number of nitrogens with one attached hydrogen (secondary N) is 1. The van der Waals surface area contributed by atoms with Crippen LogP contribution in [0.2, 0.25) is 5.02 Å².